The molecule has 1 heteroatoms. The van der Waals surface area contributed by atoms with Crippen LogP contribution in [0.25, 0.3) is 0 Å². The molecule has 1 saturated carbocycles. The molecular formula is C22H28O. The molecule has 0 radical (unpaired) electrons. The SMILES string of the molecule is Cc1ccc(C2(c3ccc(O)cc3)C(C)CCCC2(C)C)cc1. The lowest BCUT2D eigenvalue weighted by Crippen LogP contribution is -2.50. The molecule has 1 fully saturated rings. The van der Waals surface area contributed by atoms with Crippen molar-refractivity contribution in [3.8, 4) is 5.75 Å². The van der Waals surface area contributed by atoms with Crippen molar-refractivity contribution in [2.75, 3.05) is 0 Å². The van der Waals surface area contributed by atoms with Crippen molar-refractivity contribution in [3.63, 3.8) is 0 Å². The van der Waals surface area contributed by atoms with Crippen LogP contribution in [0.3, 0.4) is 0 Å². The Morgan fingerprint density at radius 1 is 0.913 bits per heavy atom. The Bertz CT molecular complexity index is 619. The zero-order valence-electron chi connectivity index (χ0n) is 14.8. The summed E-state index contributed by atoms with van der Waals surface area (Å²) in [5, 5.41) is 9.74. The van der Waals surface area contributed by atoms with Crippen molar-refractivity contribution in [2.24, 2.45) is 11.3 Å². The fourth-order valence-corrected chi connectivity index (χ4v) is 4.99. The molecule has 0 aromatic heterocycles. The summed E-state index contributed by atoms with van der Waals surface area (Å²) in [6, 6.07) is 17.0. The van der Waals surface area contributed by atoms with Crippen LogP contribution >= 0.6 is 0 Å². The van der Waals surface area contributed by atoms with E-state index in [1.165, 1.54) is 36.0 Å². The predicted octanol–water partition coefficient (Wildman–Crippen LogP) is 5.83. The van der Waals surface area contributed by atoms with Crippen molar-refractivity contribution in [2.45, 2.75) is 52.4 Å². The normalized spacial score (nSPS) is 26.9. The van der Waals surface area contributed by atoms with Gasteiger partial charge in [0.1, 0.15) is 5.75 Å². The van der Waals surface area contributed by atoms with Crippen LogP contribution in [0.2, 0.25) is 0 Å². The highest BCUT2D eigenvalue weighted by Gasteiger charge is 2.52. The molecule has 2 unspecified atom stereocenters. The Kier molecular flexibility index (Phi) is 4.00. The van der Waals surface area contributed by atoms with Gasteiger partial charge in [-0.1, -0.05) is 69.2 Å². The summed E-state index contributed by atoms with van der Waals surface area (Å²) in [5.41, 5.74) is 4.21. The first-order chi connectivity index (χ1) is 10.9. The smallest absolute Gasteiger partial charge is 0.115 e. The lowest BCUT2D eigenvalue weighted by atomic mass is 9.48. The third kappa shape index (κ3) is 2.47. The minimum Gasteiger partial charge on any atom is -0.508 e. The molecule has 122 valence electrons. The fraction of sp³-hybridized carbons (Fsp3) is 0.455. The van der Waals surface area contributed by atoms with Gasteiger partial charge in [0, 0.05) is 5.41 Å². The third-order valence-electron chi connectivity index (χ3n) is 6.08. The molecule has 0 spiro atoms. The summed E-state index contributed by atoms with van der Waals surface area (Å²) in [5.74, 6) is 0.910. The number of aryl methyl sites for hydroxylation is 1. The molecular weight excluding hydrogens is 280 g/mol. The van der Waals surface area contributed by atoms with Crippen LogP contribution in [0.5, 0.6) is 5.75 Å². The number of aromatic hydroxyl groups is 1. The topological polar surface area (TPSA) is 20.2 Å². The van der Waals surface area contributed by atoms with E-state index in [4.69, 9.17) is 0 Å². The van der Waals surface area contributed by atoms with Crippen LogP contribution < -0.4 is 0 Å². The molecule has 0 bridgehead atoms. The predicted molar refractivity (Wildman–Crippen MR) is 96.9 cm³/mol. The second-order valence-corrected chi connectivity index (χ2v) is 7.90. The molecule has 1 nitrogen and oxygen atoms in total. The molecule has 2 aromatic carbocycles. The van der Waals surface area contributed by atoms with E-state index in [9.17, 15) is 5.11 Å². The van der Waals surface area contributed by atoms with E-state index in [0.29, 0.717) is 11.7 Å². The van der Waals surface area contributed by atoms with Crippen LogP contribution in [0, 0.1) is 18.3 Å². The van der Waals surface area contributed by atoms with Gasteiger partial charge in [0.2, 0.25) is 0 Å². The molecule has 1 aliphatic carbocycles. The first kappa shape index (κ1) is 16.1. The van der Waals surface area contributed by atoms with Crippen LogP contribution in [0.4, 0.5) is 0 Å². The highest BCUT2D eigenvalue weighted by Crippen LogP contribution is 2.58. The molecule has 2 aromatic rings. The van der Waals surface area contributed by atoms with Crippen molar-refractivity contribution in [3.05, 3.63) is 65.2 Å². The summed E-state index contributed by atoms with van der Waals surface area (Å²) in [6.07, 6.45) is 3.77. The van der Waals surface area contributed by atoms with Gasteiger partial charge in [-0.3, -0.25) is 0 Å². The first-order valence-corrected chi connectivity index (χ1v) is 8.74. The summed E-state index contributed by atoms with van der Waals surface area (Å²) >= 11 is 0. The van der Waals surface area contributed by atoms with E-state index >= 15 is 0 Å². The molecule has 0 amide bonds. The fourth-order valence-electron chi connectivity index (χ4n) is 4.99. The molecule has 0 aliphatic heterocycles. The Morgan fingerprint density at radius 2 is 1.43 bits per heavy atom. The summed E-state index contributed by atoms with van der Waals surface area (Å²) < 4.78 is 0. The Hall–Kier alpha value is -1.76. The van der Waals surface area contributed by atoms with Crippen molar-refractivity contribution in [1.29, 1.82) is 0 Å². The largest absolute Gasteiger partial charge is 0.508 e. The number of phenolic OH excluding ortho intramolecular Hbond substituents is 1. The van der Waals surface area contributed by atoms with E-state index in [1.54, 1.807) is 0 Å². The maximum absolute atomic E-state index is 9.74. The first-order valence-electron chi connectivity index (χ1n) is 8.74. The van der Waals surface area contributed by atoms with Crippen molar-refractivity contribution < 1.29 is 5.11 Å². The number of benzene rings is 2. The lowest BCUT2D eigenvalue weighted by molar-refractivity contribution is 0.0742. The minimum atomic E-state index is -0.00729. The summed E-state index contributed by atoms with van der Waals surface area (Å²) in [4.78, 5) is 0. The number of hydrogen-bond acceptors (Lipinski definition) is 1. The lowest BCUT2D eigenvalue weighted by Gasteiger charge is -2.55. The Morgan fingerprint density at radius 3 is 1.96 bits per heavy atom. The van der Waals surface area contributed by atoms with Crippen molar-refractivity contribution >= 4 is 0 Å². The Labute approximate surface area is 140 Å². The zero-order valence-corrected chi connectivity index (χ0v) is 14.8. The van der Waals surface area contributed by atoms with Gasteiger partial charge in [0.15, 0.2) is 0 Å². The second kappa shape index (κ2) is 5.70. The minimum absolute atomic E-state index is 0.00729. The quantitative estimate of drug-likeness (QED) is 0.739. The van der Waals surface area contributed by atoms with E-state index in [0.717, 1.165) is 0 Å². The van der Waals surface area contributed by atoms with E-state index < -0.39 is 0 Å². The standard InChI is InChI=1S/C22H28O/c1-16-7-9-18(10-8-16)22(19-11-13-20(23)14-12-19)17(2)6-5-15-21(22,3)4/h7-14,17,23H,5-6,15H2,1-4H3. The van der Waals surface area contributed by atoms with Crippen LogP contribution in [-0.2, 0) is 5.41 Å². The zero-order chi connectivity index (χ0) is 16.7. The van der Waals surface area contributed by atoms with Crippen molar-refractivity contribution in [1.82, 2.24) is 0 Å². The molecule has 0 heterocycles. The monoisotopic (exact) mass is 308 g/mol. The molecule has 1 aliphatic rings. The van der Waals surface area contributed by atoms with Gasteiger partial charge in [0.25, 0.3) is 0 Å². The number of rotatable bonds is 2. The van der Waals surface area contributed by atoms with E-state index in [-0.39, 0.29) is 10.8 Å². The van der Waals surface area contributed by atoms with Gasteiger partial charge in [-0.2, -0.15) is 0 Å². The van der Waals surface area contributed by atoms with Gasteiger partial charge in [-0.25, -0.2) is 0 Å². The molecule has 0 saturated heterocycles. The summed E-state index contributed by atoms with van der Waals surface area (Å²) in [6.45, 7) is 9.37. The van der Waals surface area contributed by atoms with E-state index in [2.05, 4.69) is 64.1 Å². The van der Waals surface area contributed by atoms with E-state index in [1.807, 2.05) is 12.1 Å². The molecule has 2 atom stereocenters. The highest BCUT2D eigenvalue weighted by molar-refractivity contribution is 5.45. The molecule has 3 rings (SSSR count). The molecule has 1 N–H and O–H groups in total. The van der Waals surface area contributed by atoms with Gasteiger partial charge in [-0.05, 0) is 54.4 Å². The number of phenols is 1. The third-order valence-corrected chi connectivity index (χ3v) is 6.08. The summed E-state index contributed by atoms with van der Waals surface area (Å²) in [7, 11) is 0. The van der Waals surface area contributed by atoms with Gasteiger partial charge < -0.3 is 5.11 Å². The molecule has 23 heavy (non-hydrogen) atoms. The highest BCUT2D eigenvalue weighted by atomic mass is 16.3. The Balaban J connectivity index is 2.28. The maximum Gasteiger partial charge on any atom is 0.115 e. The van der Waals surface area contributed by atoms with Crippen LogP contribution in [0.1, 0.15) is 56.7 Å². The van der Waals surface area contributed by atoms with Gasteiger partial charge in [0.05, 0.1) is 0 Å². The maximum atomic E-state index is 9.74. The number of hydrogen-bond donors (Lipinski definition) is 1. The second-order valence-electron chi connectivity index (χ2n) is 7.90. The van der Waals surface area contributed by atoms with Crippen LogP contribution in [0.15, 0.2) is 48.5 Å². The average molecular weight is 308 g/mol. The van der Waals surface area contributed by atoms with Gasteiger partial charge >= 0.3 is 0 Å². The van der Waals surface area contributed by atoms with Crippen LogP contribution in [-0.4, -0.2) is 5.11 Å². The average Bonchev–Trinajstić information content (AvgIpc) is 2.50. The van der Waals surface area contributed by atoms with Gasteiger partial charge in [-0.15, -0.1) is 0 Å².